The molecule has 0 aliphatic heterocycles. The first-order valence-corrected chi connectivity index (χ1v) is 17.8. The smallest absolute Gasteiger partial charge is 0.338 e. The van der Waals surface area contributed by atoms with Gasteiger partial charge >= 0.3 is 11.9 Å². The molecule has 0 aliphatic carbocycles. The average molecular weight is 666 g/mol. The van der Waals surface area contributed by atoms with E-state index >= 15 is 0 Å². The zero-order valence-electron chi connectivity index (χ0n) is 27.2. The quantitative estimate of drug-likeness (QED) is 0.0713. The topological polar surface area (TPSA) is 173 Å². The van der Waals surface area contributed by atoms with E-state index in [1.54, 1.807) is 37.5 Å². The van der Waals surface area contributed by atoms with Gasteiger partial charge in [-0.15, -0.1) is 0 Å². The Balaban J connectivity index is 1.43. The molecule has 0 saturated carbocycles. The third-order valence-corrected chi connectivity index (χ3v) is 9.41. The molecule has 0 amide bonds. The standard InChI is InChI=1S/C33H44N7O6P/c1-4-6-19-45-33(42)28-14-10-8-12-26(28)16-18-39-47(43,38-17-15-25-11-7-9-13-27(25)32(41)44-5-2)23-46-24(3)20-40-22-37-29-30(34)35-21-36-31(29)40/h7-14,21-22,24H,4-6,15-20,23H2,1-3H3,(H2,34,35,36)(H2,38,39,43)/t24-,47-/m1/s1. The van der Waals surface area contributed by atoms with E-state index in [9.17, 15) is 14.2 Å². The molecule has 2 atom stereocenters. The van der Waals surface area contributed by atoms with E-state index in [1.165, 1.54) is 6.33 Å². The number of hydrogen-bond donors (Lipinski definition) is 3. The summed E-state index contributed by atoms with van der Waals surface area (Å²) >= 11 is 0. The molecule has 0 saturated heterocycles. The Morgan fingerprint density at radius 3 is 2.15 bits per heavy atom. The number of nitrogens with zero attached hydrogens (tertiary/aromatic N) is 4. The van der Waals surface area contributed by atoms with Crippen LogP contribution in [-0.4, -0.2) is 70.2 Å². The Kier molecular flexibility index (Phi) is 13.4. The van der Waals surface area contributed by atoms with E-state index in [4.69, 9.17) is 19.9 Å². The van der Waals surface area contributed by atoms with Crippen LogP contribution in [0.4, 0.5) is 5.82 Å². The van der Waals surface area contributed by atoms with E-state index in [-0.39, 0.29) is 25.0 Å². The number of nitrogens with one attached hydrogen (secondary N) is 2. The van der Waals surface area contributed by atoms with Crippen molar-refractivity contribution in [2.45, 2.75) is 59.1 Å². The number of benzene rings is 2. The van der Waals surface area contributed by atoms with E-state index in [0.717, 1.165) is 24.0 Å². The summed E-state index contributed by atoms with van der Waals surface area (Å²) in [6.45, 7) is 7.32. The number of carbonyl (C=O) groups excluding carboxylic acids is 2. The summed E-state index contributed by atoms with van der Waals surface area (Å²) in [5, 5.41) is 6.35. The fraction of sp³-hybridized carbons (Fsp3) is 0.424. The second kappa shape index (κ2) is 17.7. The first-order chi connectivity index (χ1) is 22.7. The number of hydrogen-bond acceptors (Lipinski definition) is 10. The van der Waals surface area contributed by atoms with Crippen LogP contribution in [0.15, 0.2) is 61.2 Å². The van der Waals surface area contributed by atoms with Gasteiger partial charge in [-0.3, -0.25) is 14.7 Å². The zero-order chi connectivity index (χ0) is 33.6. The third kappa shape index (κ3) is 10.2. The minimum absolute atomic E-state index is 0.113. The van der Waals surface area contributed by atoms with Crippen LogP contribution >= 0.6 is 7.44 Å². The van der Waals surface area contributed by atoms with Crippen molar-refractivity contribution in [2.75, 3.05) is 38.4 Å². The van der Waals surface area contributed by atoms with Gasteiger partial charge in [0.25, 0.3) is 0 Å². The molecule has 0 bridgehead atoms. The van der Waals surface area contributed by atoms with Gasteiger partial charge in [0.2, 0.25) is 7.44 Å². The minimum Gasteiger partial charge on any atom is -0.462 e. The summed E-state index contributed by atoms with van der Waals surface area (Å²) in [6.07, 6.45) is 5.13. The second-order valence-corrected chi connectivity index (χ2v) is 13.4. The van der Waals surface area contributed by atoms with Crippen molar-refractivity contribution >= 4 is 36.4 Å². The molecule has 0 radical (unpaired) electrons. The van der Waals surface area contributed by atoms with Gasteiger partial charge in [0.1, 0.15) is 18.2 Å². The van der Waals surface area contributed by atoms with Gasteiger partial charge in [-0.2, -0.15) is 0 Å². The summed E-state index contributed by atoms with van der Waals surface area (Å²) in [4.78, 5) is 37.8. The van der Waals surface area contributed by atoms with E-state index in [0.29, 0.717) is 67.2 Å². The lowest BCUT2D eigenvalue weighted by Gasteiger charge is -2.24. The highest BCUT2D eigenvalue weighted by Gasteiger charge is 2.24. The van der Waals surface area contributed by atoms with E-state index in [2.05, 4.69) is 25.1 Å². The molecular weight excluding hydrogens is 621 g/mol. The van der Waals surface area contributed by atoms with Crippen LogP contribution < -0.4 is 15.9 Å². The summed E-state index contributed by atoms with van der Waals surface area (Å²) < 4.78 is 32.9. The van der Waals surface area contributed by atoms with Crippen LogP contribution in [0.5, 0.6) is 0 Å². The van der Waals surface area contributed by atoms with Crippen molar-refractivity contribution in [2.24, 2.45) is 0 Å². The maximum Gasteiger partial charge on any atom is 0.338 e. The van der Waals surface area contributed by atoms with Crippen LogP contribution in [0.1, 0.15) is 65.5 Å². The lowest BCUT2D eigenvalue weighted by molar-refractivity contribution is 0.0495. The lowest BCUT2D eigenvalue weighted by Crippen LogP contribution is -2.30. The number of rotatable bonds is 19. The summed E-state index contributed by atoms with van der Waals surface area (Å²) in [7, 11) is -3.33. The number of nitrogen functional groups attached to an aromatic ring is 1. The normalized spacial score (nSPS) is 13.3. The third-order valence-electron chi connectivity index (χ3n) is 7.43. The molecule has 14 heteroatoms. The largest absolute Gasteiger partial charge is 0.462 e. The van der Waals surface area contributed by atoms with Gasteiger partial charge in [-0.25, -0.2) is 24.5 Å². The average Bonchev–Trinajstić information content (AvgIpc) is 3.48. The van der Waals surface area contributed by atoms with Crippen LogP contribution in [0.2, 0.25) is 0 Å². The molecule has 0 spiro atoms. The first kappa shape index (κ1) is 35.7. The Morgan fingerprint density at radius 1 is 0.915 bits per heavy atom. The number of esters is 2. The Hall–Kier alpha value is -4.16. The zero-order valence-corrected chi connectivity index (χ0v) is 28.1. The summed E-state index contributed by atoms with van der Waals surface area (Å²) in [5.74, 6) is -0.472. The number of carbonyl (C=O) groups is 2. The number of anilines is 1. The van der Waals surface area contributed by atoms with Gasteiger partial charge in [0.05, 0.1) is 43.3 Å². The molecule has 2 heterocycles. The fourth-order valence-electron chi connectivity index (χ4n) is 4.95. The molecule has 252 valence electrons. The minimum atomic E-state index is -3.33. The van der Waals surface area contributed by atoms with Crippen LogP contribution in [0.3, 0.4) is 0 Å². The van der Waals surface area contributed by atoms with Crippen LogP contribution in [-0.2, 0) is 38.2 Å². The Morgan fingerprint density at radius 2 is 1.53 bits per heavy atom. The molecular formula is C33H44N7O6P. The van der Waals surface area contributed by atoms with Gasteiger partial charge < -0.3 is 24.5 Å². The van der Waals surface area contributed by atoms with Crippen molar-refractivity contribution in [3.8, 4) is 0 Å². The highest BCUT2D eigenvalue weighted by molar-refractivity contribution is 7.59. The second-order valence-electron chi connectivity index (χ2n) is 11.0. The van der Waals surface area contributed by atoms with Gasteiger partial charge in [-0.1, -0.05) is 49.7 Å². The first-order valence-electron chi connectivity index (χ1n) is 15.9. The number of fused-ring (bicyclic) bond motifs is 1. The SMILES string of the molecule is CCCCOC(=O)c1ccccc1CCN[P@@](=O)(CO[C@H](C)Cn1cnc2c(N)ncnc21)NCCc1ccccc1C(=O)OCC. The van der Waals surface area contributed by atoms with Crippen LogP contribution in [0, 0.1) is 0 Å². The van der Waals surface area contributed by atoms with Crippen molar-refractivity contribution in [1.29, 1.82) is 0 Å². The van der Waals surface area contributed by atoms with Gasteiger partial charge in [0, 0.05) is 13.1 Å². The predicted molar refractivity (Wildman–Crippen MR) is 180 cm³/mol. The molecule has 47 heavy (non-hydrogen) atoms. The Bertz CT molecular complexity index is 1680. The highest BCUT2D eigenvalue weighted by atomic mass is 31.2. The lowest BCUT2D eigenvalue weighted by atomic mass is 10.0. The fourth-order valence-corrected chi connectivity index (χ4v) is 6.66. The molecule has 4 N–H and O–H groups in total. The number of unbranched alkanes of at least 4 members (excludes halogenated alkanes) is 1. The molecule has 0 unspecified atom stereocenters. The maximum atomic E-state index is 14.3. The van der Waals surface area contributed by atoms with Crippen molar-refractivity contribution in [3.05, 3.63) is 83.4 Å². The highest BCUT2D eigenvalue weighted by Crippen LogP contribution is 2.36. The monoisotopic (exact) mass is 665 g/mol. The number of nitrogens with two attached hydrogens (primary N) is 1. The molecule has 4 aromatic rings. The molecule has 0 fully saturated rings. The van der Waals surface area contributed by atoms with Crippen molar-refractivity contribution < 1.29 is 28.4 Å². The van der Waals surface area contributed by atoms with Crippen molar-refractivity contribution in [3.63, 3.8) is 0 Å². The molecule has 2 aromatic heterocycles. The number of aromatic nitrogens is 4. The maximum absolute atomic E-state index is 14.3. The van der Waals surface area contributed by atoms with Gasteiger partial charge in [0.15, 0.2) is 11.5 Å². The van der Waals surface area contributed by atoms with Gasteiger partial charge in [-0.05, 0) is 56.4 Å². The predicted octanol–water partition coefficient (Wildman–Crippen LogP) is 4.76. The van der Waals surface area contributed by atoms with Crippen molar-refractivity contribution in [1.82, 2.24) is 29.7 Å². The molecule has 13 nitrogen and oxygen atoms in total. The summed E-state index contributed by atoms with van der Waals surface area (Å²) in [5.41, 5.74) is 9.55. The molecule has 2 aromatic carbocycles. The van der Waals surface area contributed by atoms with E-state index < -0.39 is 13.4 Å². The Labute approximate surface area is 275 Å². The number of imidazole rings is 1. The molecule has 0 aliphatic rings. The molecule has 4 rings (SSSR count). The number of ether oxygens (including phenoxy) is 3. The summed E-state index contributed by atoms with van der Waals surface area (Å²) in [6, 6.07) is 14.5. The van der Waals surface area contributed by atoms with E-state index in [1.807, 2.05) is 42.7 Å². The van der Waals surface area contributed by atoms with Crippen LogP contribution in [0.25, 0.3) is 11.2 Å².